The summed E-state index contributed by atoms with van der Waals surface area (Å²) in [6.07, 6.45) is 5.56. The number of carbonyl (C=O) groups is 1. The van der Waals surface area contributed by atoms with Crippen molar-refractivity contribution in [3.8, 4) is 0 Å². The molecule has 0 saturated carbocycles. The number of thiophene rings is 1. The van der Waals surface area contributed by atoms with E-state index in [2.05, 4.69) is 38.0 Å². The number of thioether (sulfide) groups is 1. The number of carbonyl (C=O) groups excluding carboxylic acids is 1. The molecule has 0 bridgehead atoms. The molecule has 0 aromatic carbocycles. The molecule has 0 aliphatic carbocycles. The fraction of sp³-hybridized carbons (Fsp3) is 0.588. The Hall–Kier alpha value is -1.54. The molecule has 25 heavy (non-hydrogen) atoms. The number of H-pyrrole nitrogens is 1. The number of nitrogens with one attached hydrogen (secondary N) is 2. The van der Waals surface area contributed by atoms with Crippen molar-refractivity contribution >= 4 is 29.1 Å². The molecule has 1 atom stereocenters. The van der Waals surface area contributed by atoms with E-state index in [4.69, 9.17) is 0 Å². The number of piperidine rings is 1. The lowest BCUT2D eigenvalue weighted by molar-refractivity contribution is 0.147. The summed E-state index contributed by atoms with van der Waals surface area (Å²) in [5, 5.41) is 12.8. The third kappa shape index (κ3) is 5.47. The Morgan fingerprint density at radius 1 is 1.52 bits per heavy atom. The maximum absolute atomic E-state index is 12.6. The molecule has 0 spiro atoms. The van der Waals surface area contributed by atoms with Gasteiger partial charge in [-0.2, -0.15) is 0 Å². The van der Waals surface area contributed by atoms with Crippen LogP contribution in [0, 0.1) is 6.92 Å². The maximum Gasteiger partial charge on any atom is 0.317 e. The Morgan fingerprint density at radius 2 is 2.44 bits per heavy atom. The van der Waals surface area contributed by atoms with Crippen LogP contribution in [0.3, 0.4) is 0 Å². The van der Waals surface area contributed by atoms with Crippen molar-refractivity contribution in [1.82, 2.24) is 25.4 Å². The first kappa shape index (κ1) is 18.3. The average Bonchev–Trinajstić information content (AvgIpc) is 3.28. The summed E-state index contributed by atoms with van der Waals surface area (Å²) in [4.78, 5) is 20.3. The van der Waals surface area contributed by atoms with Crippen molar-refractivity contribution in [3.63, 3.8) is 0 Å². The van der Waals surface area contributed by atoms with Crippen molar-refractivity contribution < 1.29 is 4.79 Å². The molecule has 1 aliphatic heterocycles. The summed E-state index contributed by atoms with van der Waals surface area (Å²) < 4.78 is 0. The molecular weight excluding hydrogens is 354 g/mol. The SMILES string of the molecule is Cc1nc(SCCNC(=O)N2CCCC[C@H]2CCc2cccs2)n[nH]1. The summed E-state index contributed by atoms with van der Waals surface area (Å²) in [5.41, 5.74) is 0. The lowest BCUT2D eigenvalue weighted by Gasteiger charge is -2.35. The fourth-order valence-corrected chi connectivity index (χ4v) is 4.54. The molecule has 136 valence electrons. The van der Waals surface area contributed by atoms with Gasteiger partial charge in [0.05, 0.1) is 0 Å². The minimum atomic E-state index is 0.0719. The number of nitrogens with zero attached hydrogens (tertiary/aromatic N) is 3. The third-order valence-electron chi connectivity index (χ3n) is 4.38. The topological polar surface area (TPSA) is 73.9 Å². The van der Waals surface area contributed by atoms with Gasteiger partial charge in [0, 0.05) is 29.8 Å². The number of aromatic nitrogens is 3. The molecule has 1 saturated heterocycles. The predicted octanol–water partition coefficient (Wildman–Crippen LogP) is 3.46. The molecule has 0 radical (unpaired) electrons. The highest BCUT2D eigenvalue weighted by Crippen LogP contribution is 2.22. The zero-order valence-corrected chi connectivity index (χ0v) is 16.2. The first-order valence-corrected chi connectivity index (χ1v) is 10.7. The number of likely N-dealkylation sites (tertiary alicyclic amines) is 1. The molecule has 0 unspecified atom stereocenters. The molecular formula is C17H25N5OS2. The average molecular weight is 380 g/mol. The van der Waals surface area contributed by atoms with Gasteiger partial charge < -0.3 is 10.2 Å². The van der Waals surface area contributed by atoms with Crippen molar-refractivity contribution in [1.29, 1.82) is 0 Å². The van der Waals surface area contributed by atoms with Crippen LogP contribution >= 0.6 is 23.1 Å². The van der Waals surface area contributed by atoms with Gasteiger partial charge in [0.2, 0.25) is 5.16 Å². The molecule has 2 aromatic heterocycles. The van der Waals surface area contributed by atoms with Gasteiger partial charge in [-0.25, -0.2) is 9.78 Å². The Labute approximate surface area is 156 Å². The lowest BCUT2D eigenvalue weighted by atomic mass is 9.98. The van der Waals surface area contributed by atoms with E-state index in [1.165, 1.54) is 11.3 Å². The highest BCUT2D eigenvalue weighted by atomic mass is 32.2. The van der Waals surface area contributed by atoms with Crippen molar-refractivity contribution in [3.05, 3.63) is 28.2 Å². The molecule has 2 amide bonds. The molecule has 2 aromatic rings. The van der Waals surface area contributed by atoms with E-state index in [1.54, 1.807) is 23.1 Å². The summed E-state index contributed by atoms with van der Waals surface area (Å²) in [5.74, 6) is 1.59. The van der Waals surface area contributed by atoms with E-state index in [-0.39, 0.29) is 6.03 Å². The van der Waals surface area contributed by atoms with Crippen LogP contribution in [0.5, 0.6) is 0 Å². The van der Waals surface area contributed by atoms with Crippen molar-refractivity contribution in [2.75, 3.05) is 18.8 Å². The number of hydrogen-bond acceptors (Lipinski definition) is 5. The molecule has 2 N–H and O–H groups in total. The molecule has 1 fully saturated rings. The Bertz CT molecular complexity index is 658. The Balaban J connectivity index is 1.42. The van der Waals surface area contributed by atoms with E-state index in [9.17, 15) is 4.79 Å². The Kier molecular flexibility index (Phi) is 6.75. The quantitative estimate of drug-likeness (QED) is 0.571. The fourth-order valence-electron chi connectivity index (χ4n) is 3.12. The smallest absolute Gasteiger partial charge is 0.317 e. The van der Waals surface area contributed by atoms with Crippen LogP contribution in [0.25, 0.3) is 0 Å². The first-order chi connectivity index (χ1) is 12.2. The van der Waals surface area contributed by atoms with Crippen LogP contribution < -0.4 is 5.32 Å². The standard InChI is InChI=1S/C17H25N5OS2/c1-13-19-16(21-20-13)25-12-9-18-17(23)22-10-3-2-5-14(22)7-8-15-6-4-11-24-15/h4,6,11,14H,2-3,5,7-10,12H2,1H3,(H,18,23)(H,19,20,21)/t14-/m0/s1. The predicted molar refractivity (Wildman–Crippen MR) is 102 cm³/mol. The number of urea groups is 1. The van der Waals surface area contributed by atoms with E-state index < -0.39 is 0 Å². The minimum absolute atomic E-state index is 0.0719. The number of amides is 2. The normalized spacial score (nSPS) is 17.6. The summed E-state index contributed by atoms with van der Waals surface area (Å²) in [7, 11) is 0. The van der Waals surface area contributed by atoms with Gasteiger partial charge in [0.25, 0.3) is 0 Å². The van der Waals surface area contributed by atoms with Gasteiger partial charge >= 0.3 is 6.03 Å². The van der Waals surface area contributed by atoms with Crippen molar-refractivity contribution in [2.45, 2.75) is 50.2 Å². The van der Waals surface area contributed by atoms with Crippen LogP contribution in [0.15, 0.2) is 22.7 Å². The largest absolute Gasteiger partial charge is 0.337 e. The maximum atomic E-state index is 12.6. The van der Waals surface area contributed by atoms with Crippen LogP contribution in [0.1, 0.15) is 36.4 Å². The third-order valence-corrected chi connectivity index (χ3v) is 6.16. The summed E-state index contributed by atoms with van der Waals surface area (Å²) in [6, 6.07) is 4.71. The molecule has 8 heteroatoms. The van der Waals surface area contributed by atoms with Gasteiger partial charge in [-0.1, -0.05) is 17.8 Å². The zero-order valence-electron chi connectivity index (χ0n) is 14.5. The van der Waals surface area contributed by atoms with E-state index in [1.807, 2.05) is 11.8 Å². The van der Waals surface area contributed by atoms with Crippen LogP contribution in [-0.2, 0) is 6.42 Å². The highest BCUT2D eigenvalue weighted by Gasteiger charge is 2.26. The van der Waals surface area contributed by atoms with Gasteiger partial charge in [-0.05, 0) is 50.5 Å². The second kappa shape index (κ2) is 9.24. The number of aryl methyl sites for hydroxylation is 2. The van der Waals surface area contributed by atoms with Gasteiger partial charge in [0.15, 0.2) is 0 Å². The first-order valence-electron chi connectivity index (χ1n) is 8.81. The van der Waals surface area contributed by atoms with Crippen LogP contribution in [0.4, 0.5) is 4.79 Å². The van der Waals surface area contributed by atoms with E-state index >= 15 is 0 Å². The monoisotopic (exact) mass is 379 g/mol. The zero-order chi connectivity index (χ0) is 17.5. The number of aromatic amines is 1. The molecule has 6 nitrogen and oxygen atoms in total. The highest BCUT2D eigenvalue weighted by molar-refractivity contribution is 7.99. The van der Waals surface area contributed by atoms with E-state index in [0.29, 0.717) is 12.6 Å². The molecule has 3 heterocycles. The number of rotatable bonds is 7. The van der Waals surface area contributed by atoms with Crippen molar-refractivity contribution in [2.24, 2.45) is 0 Å². The number of hydrogen-bond donors (Lipinski definition) is 2. The molecule has 1 aliphatic rings. The van der Waals surface area contributed by atoms with Gasteiger partial charge in [-0.3, -0.25) is 5.10 Å². The van der Waals surface area contributed by atoms with Gasteiger partial charge in [0.1, 0.15) is 5.82 Å². The lowest BCUT2D eigenvalue weighted by Crippen LogP contribution is -2.49. The summed E-state index contributed by atoms with van der Waals surface area (Å²) >= 11 is 3.36. The second-order valence-electron chi connectivity index (χ2n) is 6.24. The van der Waals surface area contributed by atoms with Gasteiger partial charge in [-0.15, -0.1) is 16.4 Å². The van der Waals surface area contributed by atoms with E-state index in [0.717, 1.165) is 49.0 Å². The van der Waals surface area contributed by atoms with Crippen LogP contribution in [0.2, 0.25) is 0 Å². The van der Waals surface area contributed by atoms with Crippen LogP contribution in [-0.4, -0.2) is 51.0 Å². The second-order valence-corrected chi connectivity index (χ2v) is 8.34. The minimum Gasteiger partial charge on any atom is -0.337 e. The molecule has 3 rings (SSSR count). The Morgan fingerprint density at radius 3 is 3.20 bits per heavy atom. The summed E-state index contributed by atoms with van der Waals surface area (Å²) in [6.45, 7) is 3.38.